The van der Waals surface area contributed by atoms with E-state index in [1.165, 1.54) is 70.6 Å². The molecule has 3 heteroatoms. The first kappa shape index (κ1) is 23.2. The molecule has 0 fully saturated rings. The molecule has 0 atom stereocenters. The molecule has 0 heterocycles. The molecule has 0 aromatic rings. The number of rotatable bonds is 18. The summed E-state index contributed by atoms with van der Waals surface area (Å²) in [6.45, 7) is 3.49. The molecular formula is C21H41NO2. The topological polar surface area (TPSA) is 38.3 Å². The van der Waals surface area contributed by atoms with Crippen LogP contribution in [0.25, 0.3) is 0 Å². The largest absolute Gasteiger partial charge is 0.464 e. The maximum atomic E-state index is 11.4. The molecular weight excluding hydrogens is 298 g/mol. The molecule has 3 nitrogen and oxygen atoms in total. The third kappa shape index (κ3) is 19.2. The Bertz CT molecular complexity index is 290. The third-order valence-corrected chi connectivity index (χ3v) is 4.26. The molecule has 0 rings (SSSR count). The van der Waals surface area contributed by atoms with Gasteiger partial charge in [-0.3, -0.25) is 4.79 Å². The Kier molecular flexibility index (Phi) is 19.5. The van der Waals surface area contributed by atoms with E-state index in [9.17, 15) is 4.79 Å². The predicted octanol–water partition coefficient (Wildman–Crippen LogP) is 5.79. The summed E-state index contributed by atoms with van der Waals surface area (Å²) in [5.74, 6) is -0.0529. The fourth-order valence-electron chi connectivity index (χ4n) is 2.68. The van der Waals surface area contributed by atoms with E-state index in [1.807, 2.05) is 7.05 Å². The van der Waals surface area contributed by atoms with Gasteiger partial charge in [-0.1, -0.05) is 70.4 Å². The molecule has 0 aromatic carbocycles. The SMILES string of the molecule is CCCCCCCCC=CCCCCCCCC(=O)OCCNC. The Morgan fingerprint density at radius 2 is 1.38 bits per heavy atom. The van der Waals surface area contributed by atoms with Crippen molar-refractivity contribution in [2.75, 3.05) is 20.2 Å². The van der Waals surface area contributed by atoms with Crippen molar-refractivity contribution in [2.24, 2.45) is 0 Å². The lowest BCUT2D eigenvalue weighted by atomic mass is 10.1. The lowest BCUT2D eigenvalue weighted by Crippen LogP contribution is -2.17. The van der Waals surface area contributed by atoms with Crippen molar-refractivity contribution < 1.29 is 9.53 Å². The fraction of sp³-hybridized carbons (Fsp3) is 0.857. The van der Waals surface area contributed by atoms with Gasteiger partial charge < -0.3 is 10.1 Å². The number of ether oxygens (including phenoxy) is 1. The molecule has 142 valence electrons. The Labute approximate surface area is 150 Å². The molecule has 1 N–H and O–H groups in total. The predicted molar refractivity (Wildman–Crippen MR) is 104 cm³/mol. The first-order valence-corrected chi connectivity index (χ1v) is 10.3. The lowest BCUT2D eigenvalue weighted by molar-refractivity contribution is -0.143. The van der Waals surface area contributed by atoms with Crippen molar-refractivity contribution in [3.8, 4) is 0 Å². The fourth-order valence-corrected chi connectivity index (χ4v) is 2.68. The molecule has 0 bridgehead atoms. The van der Waals surface area contributed by atoms with Crippen molar-refractivity contribution in [1.82, 2.24) is 5.32 Å². The molecule has 0 amide bonds. The van der Waals surface area contributed by atoms with Gasteiger partial charge >= 0.3 is 5.97 Å². The number of unbranched alkanes of at least 4 members (excludes halogenated alkanes) is 11. The maximum absolute atomic E-state index is 11.4. The minimum Gasteiger partial charge on any atom is -0.464 e. The zero-order valence-corrected chi connectivity index (χ0v) is 16.3. The van der Waals surface area contributed by atoms with Gasteiger partial charge in [-0.25, -0.2) is 0 Å². The minimum absolute atomic E-state index is 0.0529. The zero-order chi connectivity index (χ0) is 17.7. The number of likely N-dealkylation sites (N-methyl/N-ethyl adjacent to an activating group) is 1. The van der Waals surface area contributed by atoms with Crippen LogP contribution in [-0.2, 0) is 9.53 Å². The summed E-state index contributed by atoms with van der Waals surface area (Å²) in [7, 11) is 1.86. The number of allylic oxidation sites excluding steroid dienone is 2. The number of nitrogens with one attached hydrogen (secondary N) is 1. The lowest BCUT2D eigenvalue weighted by Gasteiger charge is -2.04. The van der Waals surface area contributed by atoms with Crippen LogP contribution in [0.5, 0.6) is 0 Å². The van der Waals surface area contributed by atoms with E-state index in [0.29, 0.717) is 13.0 Å². The smallest absolute Gasteiger partial charge is 0.305 e. The van der Waals surface area contributed by atoms with Gasteiger partial charge in [0.1, 0.15) is 6.61 Å². The Hall–Kier alpha value is -0.830. The number of esters is 1. The van der Waals surface area contributed by atoms with E-state index in [4.69, 9.17) is 4.74 Å². The highest BCUT2D eigenvalue weighted by molar-refractivity contribution is 5.69. The first-order valence-electron chi connectivity index (χ1n) is 10.3. The quantitative estimate of drug-likeness (QED) is 0.195. The van der Waals surface area contributed by atoms with Gasteiger partial charge in [0.15, 0.2) is 0 Å². The van der Waals surface area contributed by atoms with E-state index >= 15 is 0 Å². The summed E-state index contributed by atoms with van der Waals surface area (Å²) in [4.78, 5) is 11.4. The van der Waals surface area contributed by atoms with Crippen LogP contribution in [0.2, 0.25) is 0 Å². The molecule has 24 heavy (non-hydrogen) atoms. The second kappa shape index (κ2) is 20.2. The second-order valence-electron chi connectivity index (χ2n) is 6.66. The number of carbonyl (C=O) groups is 1. The third-order valence-electron chi connectivity index (χ3n) is 4.26. The van der Waals surface area contributed by atoms with Gasteiger partial charge in [0.2, 0.25) is 0 Å². The van der Waals surface area contributed by atoms with Gasteiger partial charge in [-0.05, 0) is 39.2 Å². The van der Waals surface area contributed by atoms with Crippen molar-refractivity contribution >= 4 is 5.97 Å². The van der Waals surface area contributed by atoms with Crippen LogP contribution in [-0.4, -0.2) is 26.2 Å². The standard InChI is InChI=1S/C21H41NO2/c1-3-4-5-6-7-8-9-10-11-12-13-14-15-16-17-18-21(23)24-20-19-22-2/h10-11,22H,3-9,12-20H2,1-2H3. The molecule has 0 aliphatic rings. The Balaban J connectivity index is 3.16. The van der Waals surface area contributed by atoms with Gasteiger partial charge in [0.25, 0.3) is 0 Å². The highest BCUT2D eigenvalue weighted by atomic mass is 16.5. The van der Waals surface area contributed by atoms with Crippen LogP contribution in [0.15, 0.2) is 12.2 Å². The van der Waals surface area contributed by atoms with E-state index < -0.39 is 0 Å². The van der Waals surface area contributed by atoms with Gasteiger partial charge in [0, 0.05) is 13.0 Å². The average Bonchev–Trinajstić information content (AvgIpc) is 2.58. The summed E-state index contributed by atoms with van der Waals surface area (Å²) in [6.07, 6.45) is 21.9. The Morgan fingerprint density at radius 1 is 0.833 bits per heavy atom. The van der Waals surface area contributed by atoms with Crippen LogP contribution in [0.4, 0.5) is 0 Å². The van der Waals surface area contributed by atoms with Crippen molar-refractivity contribution in [3.63, 3.8) is 0 Å². The van der Waals surface area contributed by atoms with E-state index in [0.717, 1.165) is 19.4 Å². The monoisotopic (exact) mass is 339 g/mol. The molecule has 0 radical (unpaired) electrons. The minimum atomic E-state index is -0.0529. The average molecular weight is 340 g/mol. The van der Waals surface area contributed by atoms with E-state index in [2.05, 4.69) is 24.4 Å². The molecule has 0 spiro atoms. The summed E-state index contributed by atoms with van der Waals surface area (Å²) < 4.78 is 5.09. The van der Waals surface area contributed by atoms with Crippen LogP contribution in [0.3, 0.4) is 0 Å². The van der Waals surface area contributed by atoms with E-state index in [1.54, 1.807) is 0 Å². The zero-order valence-electron chi connectivity index (χ0n) is 16.3. The second-order valence-corrected chi connectivity index (χ2v) is 6.66. The van der Waals surface area contributed by atoms with Gasteiger partial charge in [-0.2, -0.15) is 0 Å². The van der Waals surface area contributed by atoms with Crippen LogP contribution in [0, 0.1) is 0 Å². The number of carbonyl (C=O) groups excluding carboxylic acids is 1. The highest BCUT2D eigenvalue weighted by Gasteiger charge is 2.01. The maximum Gasteiger partial charge on any atom is 0.305 e. The molecule has 0 saturated heterocycles. The van der Waals surface area contributed by atoms with Crippen LogP contribution >= 0.6 is 0 Å². The molecule has 0 aliphatic carbocycles. The molecule has 0 unspecified atom stereocenters. The van der Waals surface area contributed by atoms with Crippen molar-refractivity contribution in [3.05, 3.63) is 12.2 Å². The number of hydrogen-bond donors (Lipinski definition) is 1. The molecule has 0 saturated carbocycles. The van der Waals surface area contributed by atoms with Crippen molar-refractivity contribution in [2.45, 2.75) is 96.8 Å². The normalized spacial score (nSPS) is 11.2. The van der Waals surface area contributed by atoms with Crippen LogP contribution < -0.4 is 5.32 Å². The van der Waals surface area contributed by atoms with Gasteiger partial charge in [-0.15, -0.1) is 0 Å². The van der Waals surface area contributed by atoms with Gasteiger partial charge in [0.05, 0.1) is 0 Å². The summed E-state index contributed by atoms with van der Waals surface area (Å²) >= 11 is 0. The first-order chi connectivity index (χ1) is 11.8. The van der Waals surface area contributed by atoms with Crippen LogP contribution in [0.1, 0.15) is 96.8 Å². The molecule has 0 aliphatic heterocycles. The summed E-state index contributed by atoms with van der Waals surface area (Å²) in [6, 6.07) is 0. The van der Waals surface area contributed by atoms with Crippen molar-refractivity contribution in [1.29, 1.82) is 0 Å². The highest BCUT2D eigenvalue weighted by Crippen LogP contribution is 2.10. The Morgan fingerprint density at radius 3 is 1.96 bits per heavy atom. The number of hydrogen-bond acceptors (Lipinski definition) is 3. The molecule has 0 aromatic heterocycles. The van der Waals surface area contributed by atoms with E-state index in [-0.39, 0.29) is 5.97 Å². The summed E-state index contributed by atoms with van der Waals surface area (Å²) in [5, 5.41) is 2.96. The summed E-state index contributed by atoms with van der Waals surface area (Å²) in [5.41, 5.74) is 0.